The van der Waals surface area contributed by atoms with Crippen molar-refractivity contribution in [2.24, 2.45) is 10.8 Å². The van der Waals surface area contributed by atoms with E-state index in [1.807, 2.05) is 0 Å². The summed E-state index contributed by atoms with van der Waals surface area (Å²) in [5, 5.41) is 29.7. The number of nitrogens with zero attached hydrogens (tertiary/aromatic N) is 3. The molecule has 0 aromatic heterocycles. The zero-order valence-electron chi connectivity index (χ0n) is 9.77. The molecular formula is C10H9FN6O2. The van der Waals surface area contributed by atoms with Gasteiger partial charge in [-0.2, -0.15) is 14.8 Å². The predicted molar refractivity (Wildman–Crippen MR) is 66.4 cm³/mol. The number of rotatable bonds is 4. The SMILES string of the molecule is Cc1c(N/N=C(\C#N)C(=N)N)ccc([N+](=O)[O-])c1F. The van der Waals surface area contributed by atoms with Crippen molar-refractivity contribution in [3.8, 4) is 6.07 Å². The quantitative estimate of drug-likeness (QED) is 0.325. The van der Waals surface area contributed by atoms with Crippen LogP contribution in [0.15, 0.2) is 17.2 Å². The van der Waals surface area contributed by atoms with E-state index in [9.17, 15) is 14.5 Å². The number of halogens is 1. The highest BCUT2D eigenvalue weighted by Gasteiger charge is 2.18. The van der Waals surface area contributed by atoms with Gasteiger partial charge in [-0.05, 0) is 13.0 Å². The molecule has 0 heterocycles. The van der Waals surface area contributed by atoms with E-state index >= 15 is 0 Å². The number of nitro benzene ring substituents is 1. The van der Waals surface area contributed by atoms with Gasteiger partial charge in [0, 0.05) is 11.6 Å². The first-order chi connectivity index (χ1) is 8.88. The zero-order chi connectivity index (χ0) is 14.6. The molecule has 0 atom stereocenters. The number of anilines is 1. The lowest BCUT2D eigenvalue weighted by Crippen LogP contribution is -2.22. The standard InChI is InChI=1S/C10H9FN6O2/c1-5-6(15-16-7(4-12)10(13)14)2-3-8(9(5)11)17(18)19/h2-3,15H,1H3,(H3,13,14)/b16-7+. The van der Waals surface area contributed by atoms with Gasteiger partial charge in [0.05, 0.1) is 10.6 Å². The van der Waals surface area contributed by atoms with Gasteiger partial charge in [-0.1, -0.05) is 0 Å². The molecule has 98 valence electrons. The maximum atomic E-state index is 13.6. The first kappa shape index (κ1) is 14.0. The number of nitrogens with one attached hydrogen (secondary N) is 2. The van der Waals surface area contributed by atoms with E-state index in [-0.39, 0.29) is 17.0 Å². The Bertz CT molecular complexity index is 619. The van der Waals surface area contributed by atoms with E-state index in [2.05, 4.69) is 10.5 Å². The molecule has 0 saturated heterocycles. The van der Waals surface area contributed by atoms with E-state index in [4.69, 9.17) is 16.4 Å². The first-order valence-electron chi connectivity index (χ1n) is 4.90. The number of benzene rings is 1. The Morgan fingerprint density at radius 1 is 1.68 bits per heavy atom. The number of nitrogens with two attached hydrogens (primary N) is 1. The Morgan fingerprint density at radius 2 is 2.32 bits per heavy atom. The molecule has 4 N–H and O–H groups in total. The molecule has 0 saturated carbocycles. The summed E-state index contributed by atoms with van der Waals surface area (Å²) in [5.74, 6) is -1.54. The molecule has 1 aromatic rings. The summed E-state index contributed by atoms with van der Waals surface area (Å²) in [6, 6.07) is 3.79. The van der Waals surface area contributed by atoms with Crippen molar-refractivity contribution in [3.63, 3.8) is 0 Å². The molecule has 0 fully saturated rings. The average Bonchev–Trinajstić information content (AvgIpc) is 2.34. The summed E-state index contributed by atoms with van der Waals surface area (Å²) in [4.78, 5) is 9.68. The molecule has 19 heavy (non-hydrogen) atoms. The van der Waals surface area contributed by atoms with Crippen LogP contribution in [0.2, 0.25) is 0 Å². The second-order valence-corrected chi connectivity index (χ2v) is 3.43. The van der Waals surface area contributed by atoms with Gasteiger partial charge in [0.25, 0.3) is 0 Å². The van der Waals surface area contributed by atoms with Gasteiger partial charge in [0.1, 0.15) is 6.07 Å². The van der Waals surface area contributed by atoms with E-state index in [1.54, 1.807) is 6.07 Å². The lowest BCUT2D eigenvalue weighted by molar-refractivity contribution is -0.387. The fourth-order valence-corrected chi connectivity index (χ4v) is 1.19. The van der Waals surface area contributed by atoms with Gasteiger partial charge < -0.3 is 5.73 Å². The molecule has 0 amide bonds. The third-order valence-electron chi connectivity index (χ3n) is 2.21. The van der Waals surface area contributed by atoms with E-state index in [1.165, 1.54) is 13.0 Å². The van der Waals surface area contributed by atoms with Crippen LogP contribution in [0.25, 0.3) is 0 Å². The van der Waals surface area contributed by atoms with Crippen LogP contribution < -0.4 is 11.2 Å². The molecule has 9 heteroatoms. The number of hydrazone groups is 1. The van der Waals surface area contributed by atoms with Gasteiger partial charge in [0.15, 0.2) is 5.84 Å². The lowest BCUT2D eigenvalue weighted by Gasteiger charge is -2.06. The van der Waals surface area contributed by atoms with Crippen LogP contribution in [0.4, 0.5) is 15.8 Å². The van der Waals surface area contributed by atoms with Gasteiger partial charge in [0.2, 0.25) is 11.5 Å². The average molecular weight is 264 g/mol. The molecule has 1 rings (SSSR count). The predicted octanol–water partition coefficient (Wildman–Crippen LogP) is 1.27. The summed E-state index contributed by atoms with van der Waals surface area (Å²) in [6.07, 6.45) is 0. The molecule has 1 aromatic carbocycles. The molecule has 0 bridgehead atoms. The van der Waals surface area contributed by atoms with Crippen molar-refractivity contribution in [2.75, 3.05) is 5.43 Å². The second-order valence-electron chi connectivity index (χ2n) is 3.43. The number of hydrogen-bond acceptors (Lipinski definition) is 6. The van der Waals surface area contributed by atoms with Crippen molar-refractivity contribution in [3.05, 3.63) is 33.6 Å². The van der Waals surface area contributed by atoms with Crippen molar-refractivity contribution >= 4 is 22.9 Å². The minimum absolute atomic E-state index is 0.0289. The highest BCUT2D eigenvalue weighted by atomic mass is 19.1. The van der Waals surface area contributed by atoms with Crippen LogP contribution in [0.3, 0.4) is 0 Å². The van der Waals surface area contributed by atoms with Crippen molar-refractivity contribution in [1.29, 1.82) is 10.7 Å². The van der Waals surface area contributed by atoms with Gasteiger partial charge in [-0.25, -0.2) is 0 Å². The summed E-state index contributed by atoms with van der Waals surface area (Å²) in [7, 11) is 0. The number of amidine groups is 1. The fourth-order valence-electron chi connectivity index (χ4n) is 1.19. The molecule has 0 aliphatic heterocycles. The molecule has 0 aliphatic rings. The summed E-state index contributed by atoms with van der Waals surface area (Å²) < 4.78 is 13.6. The minimum atomic E-state index is -0.994. The van der Waals surface area contributed by atoms with Crippen molar-refractivity contribution < 1.29 is 9.31 Å². The van der Waals surface area contributed by atoms with E-state index in [0.29, 0.717) is 0 Å². The van der Waals surface area contributed by atoms with Crippen LogP contribution in [-0.4, -0.2) is 16.5 Å². The van der Waals surface area contributed by atoms with E-state index in [0.717, 1.165) is 6.07 Å². The maximum Gasteiger partial charge on any atom is 0.305 e. The van der Waals surface area contributed by atoms with Crippen LogP contribution in [0.1, 0.15) is 5.56 Å². The second kappa shape index (κ2) is 5.54. The van der Waals surface area contributed by atoms with Gasteiger partial charge in [-0.3, -0.25) is 20.9 Å². The molecular weight excluding hydrogens is 255 g/mol. The topological polar surface area (TPSA) is 141 Å². The highest BCUT2D eigenvalue weighted by Crippen LogP contribution is 2.26. The summed E-state index contributed by atoms with van der Waals surface area (Å²) in [5.41, 5.74) is 6.48. The summed E-state index contributed by atoms with van der Waals surface area (Å²) in [6.45, 7) is 1.32. The number of nitro groups is 1. The Morgan fingerprint density at radius 3 is 2.79 bits per heavy atom. The molecule has 0 unspecified atom stereocenters. The van der Waals surface area contributed by atoms with Crippen LogP contribution >= 0.6 is 0 Å². The largest absolute Gasteiger partial charge is 0.382 e. The highest BCUT2D eigenvalue weighted by molar-refractivity contribution is 6.45. The third-order valence-corrected chi connectivity index (χ3v) is 2.21. The summed E-state index contributed by atoms with van der Waals surface area (Å²) >= 11 is 0. The Balaban J connectivity index is 3.12. The van der Waals surface area contributed by atoms with Gasteiger partial charge in [-0.15, -0.1) is 0 Å². The van der Waals surface area contributed by atoms with Gasteiger partial charge >= 0.3 is 5.69 Å². The monoisotopic (exact) mass is 264 g/mol. The smallest absolute Gasteiger partial charge is 0.305 e. The zero-order valence-corrected chi connectivity index (χ0v) is 9.77. The number of nitriles is 1. The lowest BCUT2D eigenvalue weighted by atomic mass is 10.1. The first-order valence-corrected chi connectivity index (χ1v) is 4.90. The Hall–Kier alpha value is -3.02. The Labute approximate surface area is 107 Å². The fraction of sp³-hybridized carbons (Fsp3) is 0.100. The maximum absolute atomic E-state index is 13.6. The minimum Gasteiger partial charge on any atom is -0.382 e. The van der Waals surface area contributed by atoms with Crippen LogP contribution in [0.5, 0.6) is 0 Å². The normalized spacial score (nSPS) is 10.7. The molecule has 0 radical (unpaired) electrons. The van der Waals surface area contributed by atoms with Crippen molar-refractivity contribution in [1.82, 2.24) is 0 Å². The van der Waals surface area contributed by atoms with E-state index < -0.39 is 22.3 Å². The number of hydrogen-bond donors (Lipinski definition) is 3. The van der Waals surface area contributed by atoms with Crippen LogP contribution in [0, 0.1) is 39.6 Å². The third kappa shape index (κ3) is 3.01. The van der Waals surface area contributed by atoms with Crippen molar-refractivity contribution in [2.45, 2.75) is 6.92 Å². The molecule has 0 aliphatic carbocycles. The molecule has 8 nitrogen and oxygen atoms in total. The van der Waals surface area contributed by atoms with Crippen LogP contribution in [-0.2, 0) is 0 Å². The molecule has 0 spiro atoms. The Kier molecular flexibility index (Phi) is 4.10.